The molecule has 3 aromatic rings. The van der Waals surface area contributed by atoms with Crippen LogP contribution < -0.4 is 15.5 Å². The van der Waals surface area contributed by atoms with E-state index < -0.39 is 23.9 Å². The number of anilines is 2. The number of para-hydroxylation sites is 1. The highest BCUT2D eigenvalue weighted by atomic mass is 19.1. The van der Waals surface area contributed by atoms with Crippen molar-refractivity contribution in [3.63, 3.8) is 0 Å². The van der Waals surface area contributed by atoms with Crippen LogP contribution in [0.15, 0.2) is 77.8 Å². The van der Waals surface area contributed by atoms with E-state index in [-0.39, 0.29) is 23.7 Å². The molecular weight excluding hydrogens is 573 g/mol. The summed E-state index contributed by atoms with van der Waals surface area (Å²) in [6.07, 6.45) is 3.74. The lowest BCUT2D eigenvalue weighted by Crippen LogP contribution is -2.51. The number of methoxy groups -OCH3 is 1. The molecule has 1 unspecified atom stereocenters. The van der Waals surface area contributed by atoms with Gasteiger partial charge in [-0.15, -0.1) is 0 Å². The number of hydrogen-bond acceptors (Lipinski definition) is 5. The maximum absolute atomic E-state index is 15.2. The van der Waals surface area contributed by atoms with Gasteiger partial charge in [-0.1, -0.05) is 42.5 Å². The molecule has 2 saturated heterocycles. The van der Waals surface area contributed by atoms with Crippen LogP contribution in [-0.4, -0.2) is 68.0 Å². The van der Waals surface area contributed by atoms with Crippen molar-refractivity contribution in [3.05, 3.63) is 95.3 Å². The topological polar surface area (TPSA) is 103 Å². The van der Waals surface area contributed by atoms with Gasteiger partial charge in [0.1, 0.15) is 12.4 Å². The minimum atomic E-state index is -1.42. The number of benzene rings is 3. The third-order valence-corrected chi connectivity index (χ3v) is 8.95. The Balaban J connectivity index is 1.32. The van der Waals surface area contributed by atoms with Gasteiger partial charge in [0.15, 0.2) is 0 Å². The molecule has 7 rings (SSSR count). The number of carbonyl (C=O) groups excluding carboxylic acids is 3. The highest BCUT2D eigenvalue weighted by Gasteiger charge is 2.37. The molecule has 2 N–H and O–H groups in total. The van der Waals surface area contributed by atoms with E-state index in [1.54, 1.807) is 55.6 Å². The van der Waals surface area contributed by atoms with Crippen LogP contribution in [0, 0.1) is 17.7 Å². The number of ether oxygens (including phenoxy) is 1. The van der Waals surface area contributed by atoms with Gasteiger partial charge in [0.2, 0.25) is 12.1 Å². The Morgan fingerprint density at radius 2 is 1.62 bits per heavy atom. The Kier molecular flexibility index (Phi) is 9.21. The highest BCUT2D eigenvalue weighted by Crippen LogP contribution is 2.34. The van der Waals surface area contributed by atoms with Gasteiger partial charge in [-0.05, 0) is 79.8 Å². The molecule has 1 aliphatic carbocycles. The molecule has 0 radical (unpaired) electrons. The van der Waals surface area contributed by atoms with Gasteiger partial charge >= 0.3 is 6.03 Å². The number of hydrogen-bond donors (Lipinski definition) is 2. The zero-order chi connectivity index (χ0) is 31.3. The number of carbonyl (C=O) groups is 3. The molecule has 45 heavy (non-hydrogen) atoms. The quantitative estimate of drug-likeness (QED) is 0.375. The second kappa shape index (κ2) is 13.6. The number of urea groups is 1. The Morgan fingerprint density at radius 1 is 0.933 bits per heavy atom. The summed E-state index contributed by atoms with van der Waals surface area (Å²) >= 11 is 0. The molecule has 1 saturated carbocycles. The summed E-state index contributed by atoms with van der Waals surface area (Å²) in [6.45, 7) is 1.69. The Bertz CT molecular complexity index is 1590. The first-order valence-corrected chi connectivity index (χ1v) is 15.6. The molecule has 4 aliphatic rings. The lowest BCUT2D eigenvalue weighted by Gasteiger charge is -2.29. The van der Waals surface area contributed by atoms with E-state index in [1.807, 2.05) is 23.1 Å². The van der Waals surface area contributed by atoms with E-state index >= 15 is 4.39 Å². The summed E-state index contributed by atoms with van der Waals surface area (Å²) in [7, 11) is 1.63. The number of rotatable bonds is 8. The van der Waals surface area contributed by atoms with E-state index in [0.29, 0.717) is 54.9 Å². The third kappa shape index (κ3) is 6.91. The van der Waals surface area contributed by atoms with Crippen molar-refractivity contribution in [2.75, 3.05) is 43.6 Å². The van der Waals surface area contributed by atoms with Gasteiger partial charge < -0.3 is 20.3 Å². The Hall–Kier alpha value is -4.57. The second-order valence-corrected chi connectivity index (χ2v) is 12.0. The Morgan fingerprint density at radius 3 is 2.33 bits per heavy atom. The number of amides is 4. The number of aliphatic imine (C=N–C) groups is 1. The number of benzodiazepines with no additional fused rings is 1. The molecular formula is C35H38FN5O4. The molecule has 10 heteroatoms. The van der Waals surface area contributed by atoms with Crippen LogP contribution >= 0.6 is 0 Å². The maximum Gasteiger partial charge on any atom is 0.321 e. The van der Waals surface area contributed by atoms with Crippen molar-refractivity contribution < 1.29 is 23.5 Å². The molecule has 9 nitrogen and oxygen atoms in total. The number of fused-ring (bicyclic) bond motifs is 5. The molecule has 3 fully saturated rings. The van der Waals surface area contributed by atoms with Gasteiger partial charge in [0, 0.05) is 37.0 Å². The van der Waals surface area contributed by atoms with Crippen molar-refractivity contribution >= 4 is 34.9 Å². The molecule has 0 aromatic heterocycles. The molecule has 2 bridgehead atoms. The summed E-state index contributed by atoms with van der Waals surface area (Å²) in [5, 5.41) is 5.47. The van der Waals surface area contributed by atoms with Crippen LogP contribution in [-0.2, 0) is 20.7 Å². The summed E-state index contributed by atoms with van der Waals surface area (Å²) in [5.41, 5.74) is 2.84. The molecule has 0 spiro atoms. The summed E-state index contributed by atoms with van der Waals surface area (Å²) in [6, 6.07) is 19.9. The van der Waals surface area contributed by atoms with E-state index in [1.165, 1.54) is 11.0 Å². The van der Waals surface area contributed by atoms with Gasteiger partial charge in [-0.3, -0.25) is 14.5 Å². The Labute approximate surface area is 262 Å². The first-order chi connectivity index (χ1) is 21.9. The van der Waals surface area contributed by atoms with Gasteiger partial charge in [0.25, 0.3) is 5.91 Å². The fraction of sp³-hybridized carbons (Fsp3) is 0.371. The van der Waals surface area contributed by atoms with Crippen LogP contribution in [0.5, 0.6) is 0 Å². The predicted molar refractivity (Wildman–Crippen MR) is 171 cm³/mol. The minimum absolute atomic E-state index is 0.151. The fourth-order valence-electron chi connectivity index (χ4n) is 6.60. The van der Waals surface area contributed by atoms with E-state index in [4.69, 9.17) is 4.74 Å². The average Bonchev–Trinajstić information content (AvgIpc) is 3.43. The average molecular weight is 612 g/mol. The van der Waals surface area contributed by atoms with Gasteiger partial charge in [-0.2, -0.15) is 0 Å². The molecule has 4 amide bonds. The largest absolute Gasteiger partial charge is 0.384 e. The molecule has 3 aliphatic heterocycles. The summed E-state index contributed by atoms with van der Waals surface area (Å²) in [4.78, 5) is 49.3. The molecule has 3 heterocycles. The number of halogens is 1. The van der Waals surface area contributed by atoms with Crippen LogP contribution in [0.1, 0.15) is 42.4 Å². The molecule has 3 aromatic carbocycles. The number of nitrogens with zero attached hydrogens (tertiary/aromatic N) is 3. The normalized spacial score (nSPS) is 21.0. The molecule has 234 valence electrons. The van der Waals surface area contributed by atoms with Crippen LogP contribution in [0.3, 0.4) is 0 Å². The monoisotopic (exact) mass is 611 g/mol. The maximum atomic E-state index is 15.2. The van der Waals surface area contributed by atoms with Crippen molar-refractivity contribution in [2.24, 2.45) is 16.8 Å². The zero-order valence-electron chi connectivity index (χ0n) is 25.4. The molecule has 1 atom stereocenters. The highest BCUT2D eigenvalue weighted by molar-refractivity contribution is 6.21. The van der Waals surface area contributed by atoms with E-state index in [9.17, 15) is 14.4 Å². The van der Waals surface area contributed by atoms with Crippen LogP contribution in [0.2, 0.25) is 0 Å². The standard InChI is InChI=1S/C35H38FN5O4/c1-45-18-17-23-7-6-8-26(19-23)37-35(44)39-33-34(43)41(22-31(42)40-20-24-13-14-25(21-40)16-15-24)30-12-5-3-10-28(30)32(38-33)27-9-2-4-11-29(27)36/h2-12,19,24-25,33H,13-18,20-22H2,1H3,(H2,37,39,44). The van der Waals surface area contributed by atoms with Crippen LogP contribution in [0.25, 0.3) is 0 Å². The fourth-order valence-corrected chi connectivity index (χ4v) is 6.60. The van der Waals surface area contributed by atoms with Crippen molar-refractivity contribution in [1.82, 2.24) is 10.2 Å². The summed E-state index contributed by atoms with van der Waals surface area (Å²) < 4.78 is 20.4. The van der Waals surface area contributed by atoms with E-state index in [0.717, 1.165) is 31.2 Å². The van der Waals surface area contributed by atoms with Crippen molar-refractivity contribution in [2.45, 2.75) is 38.3 Å². The number of nitrogens with one attached hydrogen (secondary N) is 2. The third-order valence-electron chi connectivity index (χ3n) is 8.95. The lowest BCUT2D eigenvalue weighted by atomic mass is 9.84. The second-order valence-electron chi connectivity index (χ2n) is 12.0. The van der Waals surface area contributed by atoms with E-state index in [2.05, 4.69) is 15.6 Å². The van der Waals surface area contributed by atoms with Crippen molar-refractivity contribution in [1.29, 1.82) is 0 Å². The predicted octanol–water partition coefficient (Wildman–Crippen LogP) is 5.00. The first kappa shape index (κ1) is 30.5. The van der Waals surface area contributed by atoms with Crippen LogP contribution in [0.4, 0.5) is 20.6 Å². The summed E-state index contributed by atoms with van der Waals surface area (Å²) in [5.74, 6) is -0.297. The van der Waals surface area contributed by atoms with Gasteiger partial charge in [0.05, 0.1) is 18.0 Å². The first-order valence-electron chi connectivity index (χ1n) is 15.6. The lowest BCUT2D eigenvalue weighted by molar-refractivity contribution is -0.132. The van der Waals surface area contributed by atoms with Gasteiger partial charge in [-0.25, -0.2) is 14.2 Å². The minimum Gasteiger partial charge on any atom is -0.384 e. The smallest absolute Gasteiger partial charge is 0.321 e. The SMILES string of the molecule is COCCc1cccc(NC(=O)NC2N=C(c3ccccc3F)c3ccccc3N(CC(=O)N3CC4CCC(CC4)C3)C2=O)c1. The van der Waals surface area contributed by atoms with Crippen molar-refractivity contribution in [3.8, 4) is 0 Å². The zero-order valence-corrected chi connectivity index (χ0v) is 25.4.